The average Bonchev–Trinajstić information content (AvgIpc) is 2.46. The molecule has 2 aliphatic rings. The first-order valence-corrected chi connectivity index (χ1v) is 9.47. The molecule has 4 unspecified atom stereocenters. The van der Waals surface area contributed by atoms with Gasteiger partial charge in [-0.15, -0.1) is 0 Å². The molecule has 2 rings (SSSR count). The summed E-state index contributed by atoms with van der Waals surface area (Å²) in [6.45, 7) is 10.9. The first kappa shape index (κ1) is 18.8. The van der Waals surface area contributed by atoms with Crippen molar-refractivity contribution in [2.45, 2.75) is 103 Å². The van der Waals surface area contributed by atoms with Crippen LogP contribution in [0.5, 0.6) is 0 Å². The number of likely N-dealkylation sites (tertiary alicyclic amines) is 1. The molecule has 1 saturated heterocycles. The van der Waals surface area contributed by atoms with Gasteiger partial charge in [0.2, 0.25) is 5.91 Å². The van der Waals surface area contributed by atoms with Gasteiger partial charge in [0, 0.05) is 24.0 Å². The van der Waals surface area contributed by atoms with Crippen molar-refractivity contribution in [1.82, 2.24) is 4.90 Å². The van der Waals surface area contributed by atoms with Gasteiger partial charge in [0.05, 0.1) is 7.85 Å². The van der Waals surface area contributed by atoms with Crippen LogP contribution in [0.4, 0.5) is 0 Å². The van der Waals surface area contributed by atoms with Gasteiger partial charge >= 0.3 is 0 Å². The Bertz CT molecular complexity index is 435. The van der Waals surface area contributed by atoms with E-state index >= 15 is 0 Å². The van der Waals surface area contributed by atoms with E-state index in [9.17, 15) is 4.79 Å². The van der Waals surface area contributed by atoms with Gasteiger partial charge in [-0.25, -0.2) is 0 Å². The van der Waals surface area contributed by atoms with E-state index in [1.807, 2.05) is 0 Å². The second-order valence-electron chi connectivity index (χ2n) is 8.92. The van der Waals surface area contributed by atoms with E-state index in [4.69, 9.17) is 13.6 Å². The van der Waals surface area contributed by atoms with Crippen molar-refractivity contribution in [3.8, 4) is 0 Å². The van der Waals surface area contributed by atoms with E-state index < -0.39 is 0 Å². The van der Waals surface area contributed by atoms with E-state index in [-0.39, 0.29) is 22.9 Å². The molecule has 4 atom stereocenters. The van der Waals surface area contributed by atoms with Gasteiger partial charge in [-0.1, -0.05) is 38.4 Å². The van der Waals surface area contributed by atoms with Crippen molar-refractivity contribution >= 4 is 13.8 Å². The van der Waals surface area contributed by atoms with Crippen LogP contribution in [0.25, 0.3) is 0 Å². The summed E-state index contributed by atoms with van der Waals surface area (Å²) in [6, 6.07) is 0.528. The predicted molar refractivity (Wildman–Crippen MR) is 97.5 cm³/mol. The zero-order chi connectivity index (χ0) is 17.4. The number of piperidine rings is 1. The van der Waals surface area contributed by atoms with Crippen LogP contribution >= 0.6 is 0 Å². The topological polar surface area (TPSA) is 46.3 Å². The lowest BCUT2D eigenvalue weighted by Gasteiger charge is -2.51. The Kier molecular flexibility index (Phi) is 5.55. The number of fused-ring (bicyclic) bond motifs is 1. The molecule has 1 heterocycles. The molecule has 0 aromatic rings. The third-order valence-electron chi connectivity index (χ3n) is 6.43. The van der Waals surface area contributed by atoms with Crippen molar-refractivity contribution in [3.63, 3.8) is 0 Å². The Balaban J connectivity index is 2.35. The molecule has 2 N–H and O–H groups in total. The quantitative estimate of drug-likeness (QED) is 0.790. The number of hydrogen-bond donors (Lipinski definition) is 1. The van der Waals surface area contributed by atoms with Crippen LogP contribution in [0.15, 0.2) is 0 Å². The summed E-state index contributed by atoms with van der Waals surface area (Å²) in [5, 5.41) is -0.192. The van der Waals surface area contributed by atoms with Crippen molar-refractivity contribution in [2.75, 3.05) is 0 Å². The van der Waals surface area contributed by atoms with E-state index in [1.54, 1.807) is 0 Å². The number of rotatable bonds is 2. The summed E-state index contributed by atoms with van der Waals surface area (Å²) in [7, 11) is 6.80. The van der Waals surface area contributed by atoms with Gasteiger partial charge in [0.1, 0.15) is 0 Å². The molecular formula is C19H35BN2O. The fourth-order valence-corrected chi connectivity index (χ4v) is 4.99. The van der Waals surface area contributed by atoms with Crippen LogP contribution in [-0.4, -0.2) is 36.3 Å². The molecule has 1 aliphatic carbocycles. The maximum absolute atomic E-state index is 12.5. The zero-order valence-electron chi connectivity index (χ0n) is 15.8. The summed E-state index contributed by atoms with van der Waals surface area (Å²) in [5.74, 6) is 1.08. The Hall–Kier alpha value is -0.505. The molecule has 3 nitrogen and oxygen atoms in total. The summed E-state index contributed by atoms with van der Waals surface area (Å²) >= 11 is 0. The lowest BCUT2D eigenvalue weighted by atomic mass is 9.53. The van der Waals surface area contributed by atoms with Crippen molar-refractivity contribution in [2.24, 2.45) is 17.6 Å². The van der Waals surface area contributed by atoms with E-state index in [0.717, 1.165) is 38.5 Å². The number of nitrogens with zero attached hydrogens (tertiary/aromatic N) is 1. The molecule has 1 amide bonds. The monoisotopic (exact) mass is 318 g/mol. The predicted octanol–water partition coefficient (Wildman–Crippen LogP) is 3.67. The van der Waals surface area contributed by atoms with E-state index in [1.165, 1.54) is 0 Å². The number of carbonyl (C=O) groups excluding carboxylic acids is 1. The highest BCUT2D eigenvalue weighted by Crippen LogP contribution is 2.49. The summed E-state index contributed by atoms with van der Waals surface area (Å²) in [4.78, 5) is 14.6. The standard InChI is InChI=1S/C19H35BN2O/c1-13(2)19(20)11-7-6-8-16-15(18(5,21)12-19)9-10-17(23)22(16)14(3)4/h13-16H,6-12,21H2,1-5H3. The molecule has 0 aromatic carbocycles. The normalized spacial score (nSPS) is 39.8. The molecule has 4 heteroatoms. The molecule has 2 fully saturated rings. The number of hydrogen-bond acceptors (Lipinski definition) is 2. The van der Waals surface area contributed by atoms with Crippen molar-refractivity contribution in [1.29, 1.82) is 0 Å². The second kappa shape index (κ2) is 6.78. The SMILES string of the molecule is [B]C1(C(C)C)CCCCC2C(CCC(=O)N2C(C)C)C(C)(N)C1. The minimum Gasteiger partial charge on any atom is -0.337 e. The van der Waals surface area contributed by atoms with Gasteiger partial charge in [-0.2, -0.15) is 0 Å². The smallest absolute Gasteiger partial charge is 0.223 e. The molecule has 2 radical (unpaired) electrons. The van der Waals surface area contributed by atoms with E-state index in [2.05, 4.69) is 39.5 Å². The third kappa shape index (κ3) is 3.78. The molecule has 1 aliphatic heterocycles. The lowest BCUT2D eigenvalue weighted by Crippen LogP contribution is -2.60. The maximum Gasteiger partial charge on any atom is 0.223 e. The Labute approximate surface area is 144 Å². The second-order valence-corrected chi connectivity index (χ2v) is 8.92. The fraction of sp³-hybridized carbons (Fsp3) is 0.947. The van der Waals surface area contributed by atoms with Gasteiger partial charge in [0.15, 0.2) is 0 Å². The van der Waals surface area contributed by atoms with Crippen LogP contribution in [0.3, 0.4) is 0 Å². The van der Waals surface area contributed by atoms with Gasteiger partial charge < -0.3 is 10.6 Å². The Morgan fingerprint density at radius 3 is 2.43 bits per heavy atom. The third-order valence-corrected chi connectivity index (χ3v) is 6.43. The van der Waals surface area contributed by atoms with Gasteiger partial charge in [-0.3, -0.25) is 4.79 Å². The largest absolute Gasteiger partial charge is 0.337 e. The molecule has 130 valence electrons. The molecule has 0 bridgehead atoms. The first-order chi connectivity index (χ1) is 10.6. The fourth-order valence-electron chi connectivity index (χ4n) is 4.99. The zero-order valence-corrected chi connectivity index (χ0v) is 15.8. The maximum atomic E-state index is 12.5. The number of nitrogens with two attached hydrogens (primary N) is 1. The number of carbonyl (C=O) groups is 1. The van der Waals surface area contributed by atoms with Gasteiger partial charge in [0.25, 0.3) is 0 Å². The molecule has 1 saturated carbocycles. The Morgan fingerprint density at radius 2 is 1.87 bits per heavy atom. The highest BCUT2D eigenvalue weighted by molar-refractivity contribution is 6.15. The highest BCUT2D eigenvalue weighted by atomic mass is 16.2. The van der Waals surface area contributed by atoms with E-state index in [0.29, 0.717) is 24.2 Å². The highest BCUT2D eigenvalue weighted by Gasteiger charge is 2.47. The van der Waals surface area contributed by atoms with Crippen LogP contribution in [0, 0.1) is 11.8 Å². The van der Waals surface area contributed by atoms with Crippen LogP contribution in [-0.2, 0) is 4.79 Å². The summed E-state index contributed by atoms with van der Waals surface area (Å²) in [6.07, 6.45) is 6.76. The van der Waals surface area contributed by atoms with Crippen molar-refractivity contribution < 1.29 is 4.79 Å². The lowest BCUT2D eigenvalue weighted by molar-refractivity contribution is -0.143. The number of amides is 1. The minimum atomic E-state index is -0.318. The van der Waals surface area contributed by atoms with Gasteiger partial charge in [-0.05, 0) is 51.9 Å². The molecule has 23 heavy (non-hydrogen) atoms. The van der Waals surface area contributed by atoms with Crippen LogP contribution in [0.1, 0.15) is 79.6 Å². The molecular weight excluding hydrogens is 283 g/mol. The van der Waals surface area contributed by atoms with Crippen molar-refractivity contribution in [3.05, 3.63) is 0 Å². The average molecular weight is 318 g/mol. The summed E-state index contributed by atoms with van der Waals surface area (Å²) < 4.78 is 0. The molecule has 0 aromatic heterocycles. The van der Waals surface area contributed by atoms with Crippen LogP contribution < -0.4 is 5.73 Å². The minimum absolute atomic E-state index is 0.192. The molecule has 0 spiro atoms. The Morgan fingerprint density at radius 1 is 1.22 bits per heavy atom. The summed E-state index contributed by atoms with van der Waals surface area (Å²) in [5.41, 5.74) is 6.56. The first-order valence-electron chi connectivity index (χ1n) is 9.47. The van der Waals surface area contributed by atoms with Crippen LogP contribution in [0.2, 0.25) is 5.31 Å².